The molecule has 1 aliphatic heterocycles. The summed E-state index contributed by atoms with van der Waals surface area (Å²) in [4.78, 5) is 26.4. The van der Waals surface area contributed by atoms with Crippen molar-refractivity contribution in [3.8, 4) is 0 Å². The Morgan fingerprint density at radius 3 is 2.69 bits per heavy atom. The average Bonchev–Trinajstić information content (AvgIpc) is 2.60. The Hall–Kier alpha value is -1.93. The van der Waals surface area contributed by atoms with E-state index in [1.807, 2.05) is 6.92 Å². The van der Waals surface area contributed by atoms with E-state index < -0.39 is 16.0 Å². The SMILES string of the molecule is CCNS(=O)(=O)c1ccc(C)c(C(=O)OCC(=O)N2CCCCC2C)c1. The fraction of sp³-hybridized carbons (Fsp3) is 0.556. The fourth-order valence-corrected chi connectivity index (χ4v) is 4.09. The molecule has 0 spiro atoms. The van der Waals surface area contributed by atoms with Gasteiger partial charge in [-0.3, -0.25) is 4.79 Å². The molecule has 0 bridgehead atoms. The van der Waals surface area contributed by atoms with Gasteiger partial charge in [-0.2, -0.15) is 0 Å². The van der Waals surface area contributed by atoms with Crippen LogP contribution in [0.5, 0.6) is 0 Å². The zero-order chi connectivity index (χ0) is 19.3. The van der Waals surface area contributed by atoms with Crippen molar-refractivity contribution < 1.29 is 22.7 Å². The number of carbonyl (C=O) groups is 2. The maximum absolute atomic E-state index is 12.4. The quantitative estimate of drug-likeness (QED) is 0.758. The summed E-state index contributed by atoms with van der Waals surface area (Å²) in [7, 11) is -3.67. The first-order valence-corrected chi connectivity index (χ1v) is 10.3. The van der Waals surface area contributed by atoms with E-state index in [0.717, 1.165) is 19.3 Å². The van der Waals surface area contributed by atoms with Crippen LogP contribution >= 0.6 is 0 Å². The lowest BCUT2D eigenvalue weighted by Crippen LogP contribution is -2.44. The number of nitrogens with zero attached hydrogens (tertiary/aromatic N) is 1. The third-order valence-electron chi connectivity index (χ3n) is 4.52. The Bertz CT molecular complexity index is 776. The minimum absolute atomic E-state index is 0.00659. The van der Waals surface area contributed by atoms with Crippen LogP contribution < -0.4 is 4.72 Å². The smallest absolute Gasteiger partial charge is 0.338 e. The van der Waals surface area contributed by atoms with Crippen molar-refractivity contribution in [1.29, 1.82) is 0 Å². The molecule has 0 aromatic heterocycles. The topological polar surface area (TPSA) is 92.8 Å². The molecular formula is C18H26N2O5S. The van der Waals surface area contributed by atoms with Gasteiger partial charge in [0.15, 0.2) is 6.61 Å². The van der Waals surface area contributed by atoms with Gasteiger partial charge in [-0.15, -0.1) is 0 Å². The summed E-state index contributed by atoms with van der Waals surface area (Å²) in [6, 6.07) is 4.41. The number of amides is 1. The third kappa shape index (κ3) is 4.82. The van der Waals surface area contributed by atoms with Crippen molar-refractivity contribution in [2.75, 3.05) is 19.7 Å². The van der Waals surface area contributed by atoms with E-state index in [2.05, 4.69) is 4.72 Å². The highest BCUT2D eigenvalue weighted by atomic mass is 32.2. The van der Waals surface area contributed by atoms with Gasteiger partial charge in [-0.25, -0.2) is 17.9 Å². The number of likely N-dealkylation sites (tertiary alicyclic amines) is 1. The molecule has 7 nitrogen and oxygen atoms in total. The first-order valence-electron chi connectivity index (χ1n) is 8.83. The van der Waals surface area contributed by atoms with E-state index in [1.165, 1.54) is 12.1 Å². The second kappa shape index (κ2) is 8.64. The number of aryl methyl sites for hydroxylation is 1. The molecule has 1 fully saturated rings. The van der Waals surface area contributed by atoms with Gasteiger partial charge in [0.1, 0.15) is 0 Å². The summed E-state index contributed by atoms with van der Waals surface area (Å²) in [5.74, 6) is -0.923. The molecule has 1 atom stereocenters. The molecule has 0 saturated carbocycles. The minimum Gasteiger partial charge on any atom is -0.452 e. The predicted octanol–water partition coefficient (Wildman–Crippen LogP) is 1.85. The summed E-state index contributed by atoms with van der Waals surface area (Å²) in [5.41, 5.74) is 0.729. The number of esters is 1. The van der Waals surface area contributed by atoms with Crippen molar-refractivity contribution in [3.63, 3.8) is 0 Å². The van der Waals surface area contributed by atoms with E-state index in [-0.39, 0.29) is 35.6 Å². The van der Waals surface area contributed by atoms with Crippen LogP contribution in [0.1, 0.15) is 49.0 Å². The zero-order valence-electron chi connectivity index (χ0n) is 15.4. The zero-order valence-corrected chi connectivity index (χ0v) is 16.3. The second-order valence-electron chi connectivity index (χ2n) is 6.49. The van der Waals surface area contributed by atoms with Crippen LogP contribution in [-0.4, -0.2) is 50.9 Å². The Morgan fingerprint density at radius 1 is 1.31 bits per heavy atom. The van der Waals surface area contributed by atoms with E-state index in [1.54, 1.807) is 24.8 Å². The molecule has 1 amide bonds. The van der Waals surface area contributed by atoms with Crippen LogP contribution in [0, 0.1) is 6.92 Å². The number of hydrogen-bond donors (Lipinski definition) is 1. The lowest BCUT2D eigenvalue weighted by Gasteiger charge is -2.33. The number of piperidine rings is 1. The highest BCUT2D eigenvalue weighted by Crippen LogP contribution is 2.18. The summed E-state index contributed by atoms with van der Waals surface area (Å²) < 4.78 is 31.7. The molecule has 1 aromatic rings. The second-order valence-corrected chi connectivity index (χ2v) is 8.25. The number of carbonyl (C=O) groups excluding carboxylic acids is 2. The van der Waals surface area contributed by atoms with Crippen LogP contribution in [0.4, 0.5) is 0 Å². The van der Waals surface area contributed by atoms with E-state index >= 15 is 0 Å². The van der Waals surface area contributed by atoms with Gasteiger partial charge < -0.3 is 9.64 Å². The molecule has 1 unspecified atom stereocenters. The molecule has 144 valence electrons. The molecule has 26 heavy (non-hydrogen) atoms. The molecule has 1 aromatic carbocycles. The summed E-state index contributed by atoms with van der Waals surface area (Å²) >= 11 is 0. The van der Waals surface area contributed by atoms with Gasteiger partial charge in [0.05, 0.1) is 10.5 Å². The summed E-state index contributed by atoms with van der Waals surface area (Å²) in [6.07, 6.45) is 2.99. The number of hydrogen-bond acceptors (Lipinski definition) is 5. The lowest BCUT2D eigenvalue weighted by atomic mass is 10.0. The minimum atomic E-state index is -3.67. The Labute approximate surface area is 154 Å². The van der Waals surface area contributed by atoms with Gasteiger partial charge in [0.2, 0.25) is 10.0 Å². The van der Waals surface area contributed by atoms with Crippen LogP contribution in [-0.2, 0) is 19.6 Å². The van der Waals surface area contributed by atoms with Crippen molar-refractivity contribution in [1.82, 2.24) is 9.62 Å². The number of benzene rings is 1. The standard InChI is InChI=1S/C18H26N2O5S/c1-4-19-26(23,24)15-9-8-13(2)16(11-15)18(22)25-12-17(21)20-10-6-5-7-14(20)3/h8-9,11,14,19H,4-7,10,12H2,1-3H3. The molecule has 8 heteroatoms. The fourth-order valence-electron chi connectivity index (χ4n) is 3.02. The third-order valence-corrected chi connectivity index (χ3v) is 6.07. The number of nitrogens with one attached hydrogen (secondary N) is 1. The first kappa shape index (κ1) is 20.4. The highest BCUT2D eigenvalue weighted by Gasteiger charge is 2.25. The summed E-state index contributed by atoms with van der Waals surface area (Å²) in [6.45, 7) is 5.93. The Balaban J connectivity index is 2.08. The van der Waals surface area contributed by atoms with Crippen molar-refractivity contribution in [2.45, 2.75) is 51.0 Å². The van der Waals surface area contributed by atoms with E-state index in [9.17, 15) is 18.0 Å². The maximum atomic E-state index is 12.4. The Kier molecular flexibility index (Phi) is 6.77. The van der Waals surface area contributed by atoms with Gasteiger partial charge in [0.25, 0.3) is 5.91 Å². The van der Waals surface area contributed by atoms with Gasteiger partial charge in [-0.05, 0) is 50.8 Å². The molecule has 0 aliphatic carbocycles. The summed E-state index contributed by atoms with van der Waals surface area (Å²) in [5, 5.41) is 0. The largest absolute Gasteiger partial charge is 0.452 e. The first-order chi connectivity index (χ1) is 12.3. The van der Waals surface area contributed by atoms with Gasteiger partial charge in [-0.1, -0.05) is 13.0 Å². The lowest BCUT2D eigenvalue weighted by molar-refractivity contribution is -0.137. The highest BCUT2D eigenvalue weighted by molar-refractivity contribution is 7.89. The predicted molar refractivity (Wildman–Crippen MR) is 97.4 cm³/mol. The normalized spacial score (nSPS) is 17.8. The average molecular weight is 382 g/mol. The number of sulfonamides is 1. The number of rotatable bonds is 6. The van der Waals surface area contributed by atoms with Crippen molar-refractivity contribution in [2.24, 2.45) is 0 Å². The molecule has 1 heterocycles. The molecule has 1 saturated heterocycles. The van der Waals surface area contributed by atoms with Crippen LogP contribution in [0.25, 0.3) is 0 Å². The molecule has 1 aliphatic rings. The number of ether oxygens (including phenoxy) is 1. The van der Waals surface area contributed by atoms with Crippen LogP contribution in [0.15, 0.2) is 23.1 Å². The molecule has 2 rings (SSSR count). The van der Waals surface area contributed by atoms with Crippen molar-refractivity contribution in [3.05, 3.63) is 29.3 Å². The monoisotopic (exact) mass is 382 g/mol. The van der Waals surface area contributed by atoms with E-state index in [0.29, 0.717) is 12.1 Å². The molecule has 0 radical (unpaired) electrons. The van der Waals surface area contributed by atoms with E-state index in [4.69, 9.17) is 4.74 Å². The van der Waals surface area contributed by atoms with Crippen LogP contribution in [0.3, 0.4) is 0 Å². The van der Waals surface area contributed by atoms with Crippen molar-refractivity contribution >= 4 is 21.9 Å². The Morgan fingerprint density at radius 2 is 2.04 bits per heavy atom. The maximum Gasteiger partial charge on any atom is 0.338 e. The van der Waals surface area contributed by atoms with Gasteiger partial charge in [0, 0.05) is 19.1 Å². The molecular weight excluding hydrogens is 356 g/mol. The van der Waals surface area contributed by atoms with Gasteiger partial charge >= 0.3 is 5.97 Å². The van der Waals surface area contributed by atoms with Crippen LogP contribution in [0.2, 0.25) is 0 Å². The molecule has 1 N–H and O–H groups in total.